The molecule has 18 heavy (non-hydrogen) atoms. The molecular formula is C11H21N3O3S. The Kier molecular flexibility index (Phi) is 12.4. The molecule has 7 heteroatoms. The first-order chi connectivity index (χ1) is 8.38. The zero-order valence-electron chi connectivity index (χ0n) is 11.4. The summed E-state index contributed by atoms with van der Waals surface area (Å²) in [6.07, 6.45) is 0.844. The van der Waals surface area contributed by atoms with Crippen molar-refractivity contribution in [2.24, 2.45) is 0 Å². The van der Waals surface area contributed by atoms with Crippen LogP contribution in [0, 0.1) is 4.64 Å². The van der Waals surface area contributed by atoms with Gasteiger partial charge in [0, 0.05) is 26.4 Å². The summed E-state index contributed by atoms with van der Waals surface area (Å²) in [6, 6.07) is 3.57. The molecule has 0 unspecified atom stereocenters. The number of pyridine rings is 1. The van der Waals surface area contributed by atoms with Crippen molar-refractivity contribution in [3.05, 3.63) is 23.0 Å². The van der Waals surface area contributed by atoms with Gasteiger partial charge in [0.1, 0.15) is 10.4 Å². The van der Waals surface area contributed by atoms with E-state index in [1.807, 2.05) is 20.2 Å². The van der Waals surface area contributed by atoms with Crippen molar-refractivity contribution in [3.63, 3.8) is 0 Å². The first-order valence-corrected chi connectivity index (χ1v) is 5.51. The molecule has 1 heterocycles. The number of carboxylic acid groups (broad SMARTS) is 1. The topological polar surface area (TPSA) is 77.6 Å². The third-order valence-electron chi connectivity index (χ3n) is 1.36. The third kappa shape index (κ3) is 12.5. The van der Waals surface area contributed by atoms with Gasteiger partial charge >= 0.3 is 6.09 Å². The quantitative estimate of drug-likeness (QED) is 0.681. The molecule has 0 aliphatic heterocycles. The number of aromatic nitrogens is 1. The van der Waals surface area contributed by atoms with Crippen molar-refractivity contribution in [1.29, 1.82) is 0 Å². The van der Waals surface area contributed by atoms with E-state index in [0.29, 0.717) is 4.64 Å². The highest BCUT2D eigenvalue weighted by atomic mass is 32.1. The van der Waals surface area contributed by atoms with Crippen LogP contribution in [-0.4, -0.2) is 56.4 Å². The Bertz CT molecular complexity index is 380. The molecule has 0 aliphatic rings. The van der Waals surface area contributed by atoms with E-state index in [0.717, 1.165) is 10.6 Å². The fraction of sp³-hybridized carbons (Fsp3) is 0.455. The summed E-state index contributed by atoms with van der Waals surface area (Å²) in [6.45, 7) is 0. The van der Waals surface area contributed by atoms with E-state index in [9.17, 15) is 4.79 Å². The highest BCUT2D eigenvalue weighted by Crippen LogP contribution is 2.05. The van der Waals surface area contributed by atoms with Crippen molar-refractivity contribution < 1.29 is 14.6 Å². The number of ether oxygens (including phenoxy) is 1. The number of aromatic amines is 1. The van der Waals surface area contributed by atoms with Crippen LogP contribution >= 0.6 is 12.2 Å². The Balaban J connectivity index is 0. The molecule has 0 fully saturated rings. The number of hydrogen-bond acceptors (Lipinski definition) is 4. The minimum atomic E-state index is -0.907. The summed E-state index contributed by atoms with van der Waals surface area (Å²) >= 11 is 4.83. The minimum Gasteiger partial charge on any atom is -0.497 e. The lowest BCUT2D eigenvalue weighted by Crippen LogP contribution is -2.18. The molecule has 1 aromatic heterocycles. The third-order valence-corrected chi connectivity index (χ3v) is 1.60. The number of rotatable bonds is 1. The number of hydrogen-bond donors (Lipinski definition) is 3. The van der Waals surface area contributed by atoms with Gasteiger partial charge in [0.15, 0.2) is 0 Å². The second-order valence-corrected chi connectivity index (χ2v) is 3.71. The molecule has 0 saturated carbocycles. The molecule has 0 aromatic carbocycles. The number of amides is 1. The predicted molar refractivity (Wildman–Crippen MR) is 74.9 cm³/mol. The van der Waals surface area contributed by atoms with E-state index in [1.54, 1.807) is 19.4 Å². The Labute approximate surface area is 113 Å². The highest BCUT2D eigenvalue weighted by Gasteiger charge is 1.92. The fourth-order valence-corrected chi connectivity index (χ4v) is 0.736. The van der Waals surface area contributed by atoms with E-state index >= 15 is 0 Å². The van der Waals surface area contributed by atoms with E-state index < -0.39 is 6.09 Å². The van der Waals surface area contributed by atoms with Gasteiger partial charge in [0.2, 0.25) is 0 Å². The lowest BCUT2D eigenvalue weighted by Gasteiger charge is -1.99. The number of methoxy groups -OCH3 is 1. The normalized spacial score (nSPS) is 8.06. The van der Waals surface area contributed by atoms with E-state index in [2.05, 4.69) is 10.3 Å². The van der Waals surface area contributed by atoms with Crippen LogP contribution in [0.15, 0.2) is 18.3 Å². The zero-order chi connectivity index (χ0) is 14.6. The summed E-state index contributed by atoms with van der Waals surface area (Å²) < 4.78 is 5.60. The maximum Gasteiger partial charge on any atom is 0.406 e. The van der Waals surface area contributed by atoms with Crippen LogP contribution in [-0.2, 0) is 0 Å². The molecule has 1 aromatic rings. The molecule has 104 valence electrons. The molecule has 0 aliphatic carbocycles. The van der Waals surface area contributed by atoms with Crippen molar-refractivity contribution in [2.75, 3.05) is 35.3 Å². The summed E-state index contributed by atoms with van der Waals surface area (Å²) in [4.78, 5) is 13.5. The molecule has 0 spiro atoms. The van der Waals surface area contributed by atoms with Gasteiger partial charge in [0.05, 0.1) is 7.11 Å². The summed E-state index contributed by atoms with van der Waals surface area (Å²) in [5.74, 6) is 0.791. The van der Waals surface area contributed by atoms with Gasteiger partial charge in [-0.15, -0.1) is 0 Å². The van der Waals surface area contributed by atoms with Crippen LogP contribution in [0.4, 0.5) is 4.79 Å². The zero-order valence-corrected chi connectivity index (χ0v) is 12.2. The maximum atomic E-state index is 9.62. The van der Waals surface area contributed by atoms with Crippen LogP contribution in [0.2, 0.25) is 0 Å². The van der Waals surface area contributed by atoms with E-state index in [1.165, 1.54) is 14.1 Å². The fourth-order valence-electron chi connectivity index (χ4n) is 0.552. The molecule has 3 N–H and O–H groups in total. The largest absolute Gasteiger partial charge is 0.497 e. The minimum absolute atomic E-state index is 0.689. The lowest BCUT2D eigenvalue weighted by atomic mass is 10.5. The van der Waals surface area contributed by atoms with Crippen LogP contribution in [0.25, 0.3) is 0 Å². The molecule has 1 rings (SSSR count). The second kappa shape index (κ2) is 11.9. The van der Waals surface area contributed by atoms with E-state index in [-0.39, 0.29) is 0 Å². The Morgan fingerprint density at radius 1 is 1.50 bits per heavy atom. The average Bonchev–Trinajstić information content (AvgIpc) is 2.30. The SMILES string of the molecule is CN(C)C(=O)O.CNC.COc1cc[nH]c(=S)c1. The summed E-state index contributed by atoms with van der Waals surface area (Å²) in [5, 5.41) is 10.7. The van der Waals surface area contributed by atoms with Gasteiger partial charge in [-0.05, 0) is 20.2 Å². The van der Waals surface area contributed by atoms with Crippen LogP contribution < -0.4 is 10.1 Å². The van der Waals surface area contributed by atoms with Gasteiger partial charge in [-0.1, -0.05) is 12.2 Å². The molecular weight excluding hydrogens is 254 g/mol. The Morgan fingerprint density at radius 2 is 1.94 bits per heavy atom. The summed E-state index contributed by atoms with van der Waals surface area (Å²) in [7, 11) is 8.31. The lowest BCUT2D eigenvalue weighted by molar-refractivity contribution is 0.165. The van der Waals surface area contributed by atoms with Crippen LogP contribution in [0.3, 0.4) is 0 Å². The standard InChI is InChI=1S/C6H7NOS.C3H7NO2.C2H7N/c1-8-5-2-3-7-6(9)4-5;1-4(2)3(5)6;1-3-2/h2-4H,1H3,(H,7,9);1-2H3,(H,5,6);3H,1-2H3. The Morgan fingerprint density at radius 3 is 2.17 bits per heavy atom. The summed E-state index contributed by atoms with van der Waals surface area (Å²) in [5.41, 5.74) is 0. The van der Waals surface area contributed by atoms with Crippen molar-refractivity contribution in [3.8, 4) is 5.75 Å². The highest BCUT2D eigenvalue weighted by molar-refractivity contribution is 7.71. The molecule has 0 saturated heterocycles. The second-order valence-electron chi connectivity index (χ2n) is 3.27. The number of carbonyl (C=O) groups is 1. The molecule has 6 nitrogen and oxygen atoms in total. The van der Waals surface area contributed by atoms with Crippen LogP contribution in [0.5, 0.6) is 5.75 Å². The number of nitrogens with one attached hydrogen (secondary N) is 2. The molecule has 0 bridgehead atoms. The Hall–Kier alpha value is -1.60. The predicted octanol–water partition coefficient (Wildman–Crippen LogP) is 1.81. The van der Waals surface area contributed by atoms with Crippen molar-refractivity contribution in [1.82, 2.24) is 15.2 Å². The average molecular weight is 275 g/mol. The van der Waals surface area contributed by atoms with Gasteiger partial charge in [-0.25, -0.2) is 4.79 Å². The first kappa shape index (κ1) is 18.8. The monoisotopic (exact) mass is 275 g/mol. The van der Waals surface area contributed by atoms with Gasteiger partial charge in [-0.3, -0.25) is 0 Å². The molecule has 0 atom stereocenters. The van der Waals surface area contributed by atoms with E-state index in [4.69, 9.17) is 22.1 Å². The maximum absolute atomic E-state index is 9.62. The van der Waals surface area contributed by atoms with Gasteiger partial charge < -0.3 is 25.0 Å². The number of H-pyrrole nitrogens is 1. The number of nitrogens with zero attached hydrogens (tertiary/aromatic N) is 1. The van der Waals surface area contributed by atoms with Crippen molar-refractivity contribution in [2.45, 2.75) is 0 Å². The molecule has 1 amide bonds. The smallest absolute Gasteiger partial charge is 0.406 e. The van der Waals surface area contributed by atoms with Crippen LogP contribution in [0.1, 0.15) is 0 Å². The molecule has 0 radical (unpaired) electrons. The van der Waals surface area contributed by atoms with Crippen molar-refractivity contribution >= 4 is 18.3 Å². The van der Waals surface area contributed by atoms with Gasteiger partial charge in [0.25, 0.3) is 0 Å². The van der Waals surface area contributed by atoms with Gasteiger partial charge in [-0.2, -0.15) is 0 Å². The first-order valence-electron chi connectivity index (χ1n) is 5.10.